The van der Waals surface area contributed by atoms with Gasteiger partial charge in [-0.1, -0.05) is 6.07 Å². The minimum absolute atomic E-state index is 0.262. The Balaban J connectivity index is 1.49. The van der Waals surface area contributed by atoms with E-state index in [1.54, 1.807) is 29.2 Å². The first-order valence-corrected chi connectivity index (χ1v) is 7.73. The maximum absolute atomic E-state index is 12.4. The summed E-state index contributed by atoms with van der Waals surface area (Å²) in [5.74, 6) is 0.222. The summed E-state index contributed by atoms with van der Waals surface area (Å²) in [6, 6.07) is 7.37. The van der Waals surface area contributed by atoms with Gasteiger partial charge < -0.3 is 5.32 Å². The van der Waals surface area contributed by atoms with E-state index in [1.165, 1.54) is 6.20 Å². The Morgan fingerprint density at radius 1 is 1.32 bits per heavy atom. The SMILES string of the molecule is Cc1[nH]nc2ncc(C(=O)Nc3ccn(Cc4cccnc4)n3)cc12. The Labute approximate surface area is 142 Å². The summed E-state index contributed by atoms with van der Waals surface area (Å²) in [4.78, 5) is 20.7. The summed E-state index contributed by atoms with van der Waals surface area (Å²) < 4.78 is 1.74. The van der Waals surface area contributed by atoms with Crippen molar-refractivity contribution in [2.45, 2.75) is 13.5 Å². The monoisotopic (exact) mass is 333 g/mol. The lowest BCUT2D eigenvalue weighted by molar-refractivity contribution is 0.102. The highest BCUT2D eigenvalue weighted by Crippen LogP contribution is 2.15. The first-order chi connectivity index (χ1) is 12.2. The highest BCUT2D eigenvalue weighted by molar-refractivity contribution is 6.05. The van der Waals surface area contributed by atoms with E-state index in [0.29, 0.717) is 23.6 Å². The fourth-order valence-corrected chi connectivity index (χ4v) is 2.53. The average molecular weight is 333 g/mol. The van der Waals surface area contributed by atoms with Gasteiger partial charge in [-0.25, -0.2) is 4.98 Å². The van der Waals surface area contributed by atoms with Crippen LogP contribution in [0.3, 0.4) is 0 Å². The van der Waals surface area contributed by atoms with Crippen LogP contribution in [0.25, 0.3) is 11.0 Å². The lowest BCUT2D eigenvalue weighted by Gasteiger charge is -2.03. The van der Waals surface area contributed by atoms with Crippen LogP contribution in [0.5, 0.6) is 0 Å². The van der Waals surface area contributed by atoms with Crippen molar-refractivity contribution in [2.24, 2.45) is 0 Å². The van der Waals surface area contributed by atoms with Crippen molar-refractivity contribution in [2.75, 3.05) is 5.32 Å². The maximum Gasteiger partial charge on any atom is 0.258 e. The van der Waals surface area contributed by atoms with Crippen molar-refractivity contribution in [3.05, 3.63) is 65.9 Å². The van der Waals surface area contributed by atoms with E-state index >= 15 is 0 Å². The Bertz CT molecular complexity index is 1040. The van der Waals surface area contributed by atoms with Crippen LogP contribution in [-0.4, -0.2) is 35.9 Å². The second-order valence-corrected chi connectivity index (χ2v) is 5.66. The van der Waals surface area contributed by atoms with Gasteiger partial charge in [0, 0.05) is 41.9 Å². The molecule has 0 aromatic carbocycles. The van der Waals surface area contributed by atoms with Gasteiger partial charge in [0.05, 0.1) is 12.1 Å². The van der Waals surface area contributed by atoms with Gasteiger partial charge in [0.1, 0.15) is 0 Å². The largest absolute Gasteiger partial charge is 0.305 e. The number of carbonyl (C=O) groups is 1. The van der Waals surface area contributed by atoms with E-state index in [9.17, 15) is 4.79 Å². The highest BCUT2D eigenvalue weighted by atomic mass is 16.1. The number of aryl methyl sites for hydroxylation is 1. The summed E-state index contributed by atoms with van der Waals surface area (Å²) in [6.07, 6.45) is 6.83. The van der Waals surface area contributed by atoms with Crippen LogP contribution in [0.4, 0.5) is 5.82 Å². The zero-order valence-corrected chi connectivity index (χ0v) is 13.5. The molecule has 0 aliphatic heterocycles. The van der Waals surface area contributed by atoms with Crippen LogP contribution in [-0.2, 0) is 6.54 Å². The van der Waals surface area contributed by atoms with Crippen molar-refractivity contribution < 1.29 is 4.79 Å². The molecule has 0 unspecified atom stereocenters. The van der Waals surface area contributed by atoms with Gasteiger partial charge in [-0.15, -0.1) is 0 Å². The highest BCUT2D eigenvalue weighted by Gasteiger charge is 2.11. The second kappa shape index (κ2) is 6.16. The number of H-pyrrole nitrogens is 1. The molecule has 0 spiro atoms. The summed E-state index contributed by atoms with van der Waals surface area (Å²) in [5.41, 5.74) is 2.96. The van der Waals surface area contributed by atoms with Gasteiger partial charge >= 0.3 is 0 Å². The number of aromatic amines is 1. The van der Waals surface area contributed by atoms with Gasteiger partial charge in [-0.2, -0.15) is 10.2 Å². The molecule has 2 N–H and O–H groups in total. The van der Waals surface area contributed by atoms with Crippen LogP contribution >= 0.6 is 0 Å². The number of nitrogens with one attached hydrogen (secondary N) is 2. The van der Waals surface area contributed by atoms with Gasteiger partial charge in [0.15, 0.2) is 11.5 Å². The number of carbonyl (C=O) groups excluding carboxylic acids is 1. The molecule has 124 valence electrons. The van der Waals surface area contributed by atoms with E-state index in [4.69, 9.17) is 0 Å². The third kappa shape index (κ3) is 3.09. The number of anilines is 1. The maximum atomic E-state index is 12.4. The number of fused-ring (bicyclic) bond motifs is 1. The van der Waals surface area contributed by atoms with Crippen LogP contribution in [0, 0.1) is 6.92 Å². The zero-order valence-electron chi connectivity index (χ0n) is 13.5. The molecule has 8 heteroatoms. The minimum Gasteiger partial charge on any atom is -0.305 e. The Morgan fingerprint density at radius 2 is 2.24 bits per heavy atom. The predicted molar refractivity (Wildman–Crippen MR) is 92.1 cm³/mol. The van der Waals surface area contributed by atoms with E-state index in [0.717, 1.165) is 16.6 Å². The third-order valence-corrected chi connectivity index (χ3v) is 3.81. The van der Waals surface area contributed by atoms with Crippen molar-refractivity contribution in [1.82, 2.24) is 29.9 Å². The van der Waals surface area contributed by atoms with E-state index < -0.39 is 0 Å². The summed E-state index contributed by atoms with van der Waals surface area (Å²) >= 11 is 0. The zero-order chi connectivity index (χ0) is 17.2. The van der Waals surface area contributed by atoms with Crippen molar-refractivity contribution in [1.29, 1.82) is 0 Å². The fourth-order valence-electron chi connectivity index (χ4n) is 2.53. The molecule has 4 rings (SSSR count). The van der Waals surface area contributed by atoms with Crippen LogP contribution in [0.15, 0.2) is 49.1 Å². The molecule has 0 saturated heterocycles. The first kappa shape index (κ1) is 15.0. The first-order valence-electron chi connectivity index (χ1n) is 7.73. The van der Waals surface area contributed by atoms with Gasteiger partial charge in [0.25, 0.3) is 5.91 Å². The smallest absolute Gasteiger partial charge is 0.258 e. The van der Waals surface area contributed by atoms with Crippen LogP contribution < -0.4 is 5.32 Å². The molecule has 0 saturated carbocycles. The molecular weight excluding hydrogens is 318 g/mol. The molecule has 0 radical (unpaired) electrons. The van der Waals surface area contributed by atoms with Gasteiger partial charge in [-0.05, 0) is 24.6 Å². The molecule has 0 atom stereocenters. The van der Waals surface area contributed by atoms with Crippen LogP contribution in [0.1, 0.15) is 21.6 Å². The number of amides is 1. The topological polar surface area (TPSA) is 101 Å². The normalized spacial score (nSPS) is 10.9. The molecule has 1 amide bonds. The average Bonchev–Trinajstić information content (AvgIpc) is 3.22. The minimum atomic E-state index is -0.262. The molecule has 0 bridgehead atoms. The molecule has 4 aromatic heterocycles. The number of nitrogens with zero attached hydrogens (tertiary/aromatic N) is 5. The fraction of sp³-hybridized carbons (Fsp3) is 0.118. The molecule has 0 aliphatic rings. The Hall–Kier alpha value is -3.55. The Kier molecular flexibility index (Phi) is 3.70. The number of aromatic nitrogens is 6. The lowest BCUT2D eigenvalue weighted by atomic mass is 10.2. The van der Waals surface area contributed by atoms with Gasteiger partial charge in [-0.3, -0.25) is 19.6 Å². The van der Waals surface area contributed by atoms with Crippen molar-refractivity contribution in [3.63, 3.8) is 0 Å². The number of hydrogen-bond donors (Lipinski definition) is 2. The third-order valence-electron chi connectivity index (χ3n) is 3.81. The molecule has 0 fully saturated rings. The summed E-state index contributed by atoms with van der Waals surface area (Å²) in [6.45, 7) is 2.48. The van der Waals surface area contributed by atoms with E-state index in [1.807, 2.05) is 25.3 Å². The molecule has 4 aromatic rings. The number of hydrogen-bond acceptors (Lipinski definition) is 5. The van der Waals surface area contributed by atoms with Gasteiger partial charge in [0.2, 0.25) is 0 Å². The lowest BCUT2D eigenvalue weighted by Crippen LogP contribution is -2.13. The molecule has 0 aliphatic carbocycles. The number of rotatable bonds is 4. The van der Waals surface area contributed by atoms with Crippen LogP contribution in [0.2, 0.25) is 0 Å². The molecule has 4 heterocycles. The quantitative estimate of drug-likeness (QED) is 0.596. The second-order valence-electron chi connectivity index (χ2n) is 5.66. The number of pyridine rings is 2. The predicted octanol–water partition coefficient (Wildman–Crippen LogP) is 2.16. The van der Waals surface area contributed by atoms with Crippen molar-refractivity contribution >= 4 is 22.8 Å². The van der Waals surface area contributed by atoms with E-state index in [2.05, 4.69) is 30.6 Å². The summed E-state index contributed by atoms with van der Waals surface area (Å²) in [7, 11) is 0. The van der Waals surface area contributed by atoms with E-state index in [-0.39, 0.29) is 5.91 Å². The van der Waals surface area contributed by atoms with Crippen molar-refractivity contribution in [3.8, 4) is 0 Å². The molecule has 8 nitrogen and oxygen atoms in total. The molecular formula is C17H15N7O. The summed E-state index contributed by atoms with van der Waals surface area (Å²) in [5, 5.41) is 14.9. The molecule has 25 heavy (non-hydrogen) atoms. The standard InChI is InChI=1S/C17H15N7O/c1-11-14-7-13(9-19-16(14)22-21-11)17(25)20-15-4-6-24(23-15)10-12-3-2-5-18-8-12/h2-9H,10H2,1H3,(H,19,21,22)(H,20,23,25). The Morgan fingerprint density at radius 3 is 3.08 bits per heavy atom.